The molecule has 1 aromatic heterocycles. The minimum Gasteiger partial charge on any atom is -0.432 e. The van der Waals surface area contributed by atoms with Crippen molar-refractivity contribution in [2.75, 3.05) is 0 Å². The highest BCUT2D eigenvalue weighted by Gasteiger charge is 2.24. The lowest BCUT2D eigenvalue weighted by Crippen LogP contribution is -2.38. The van der Waals surface area contributed by atoms with E-state index in [1.54, 1.807) is 6.07 Å². The highest BCUT2D eigenvalue weighted by molar-refractivity contribution is 6.30. The van der Waals surface area contributed by atoms with Gasteiger partial charge in [-0.3, -0.25) is 4.79 Å². The summed E-state index contributed by atoms with van der Waals surface area (Å²) in [6.07, 6.45) is 0.730. The van der Waals surface area contributed by atoms with Crippen LogP contribution >= 0.6 is 23.2 Å². The molecule has 0 fully saturated rings. The molecule has 4 rings (SSSR count). The Kier molecular flexibility index (Phi) is 6.07. The SMILES string of the molecule is C[C@@H](NC(=O)c1nc2ccccc2o1)[C@H](Cc1ccc(Cl)cc1)c1ccc(Cl)cc1. The molecule has 0 bridgehead atoms. The van der Waals surface area contributed by atoms with Gasteiger partial charge >= 0.3 is 5.91 Å². The van der Waals surface area contributed by atoms with Crippen LogP contribution in [0.1, 0.15) is 34.7 Å². The van der Waals surface area contributed by atoms with Gasteiger partial charge in [-0.15, -0.1) is 0 Å². The van der Waals surface area contributed by atoms with Gasteiger partial charge in [0.25, 0.3) is 5.89 Å². The second-order valence-corrected chi connectivity index (χ2v) is 8.11. The molecule has 2 atom stereocenters. The number of hydrogen-bond donors (Lipinski definition) is 1. The Bertz CT molecular complexity index is 1120. The number of rotatable bonds is 6. The Morgan fingerprint density at radius 3 is 2.27 bits per heavy atom. The van der Waals surface area contributed by atoms with E-state index in [2.05, 4.69) is 10.3 Å². The standard InChI is InChI=1S/C24H20Cl2N2O2/c1-15(27-23(29)24-28-21-4-2-3-5-22(21)30-24)20(17-8-12-19(26)13-9-17)14-16-6-10-18(25)11-7-16/h2-13,15,20H,14H2,1H3,(H,27,29)/t15-,20+/m1/s1. The van der Waals surface area contributed by atoms with Crippen LogP contribution in [0.25, 0.3) is 11.1 Å². The maximum atomic E-state index is 12.8. The first-order chi connectivity index (χ1) is 14.5. The molecule has 1 heterocycles. The summed E-state index contributed by atoms with van der Waals surface area (Å²) in [7, 11) is 0. The van der Waals surface area contributed by atoms with E-state index in [0.29, 0.717) is 21.1 Å². The van der Waals surface area contributed by atoms with E-state index in [-0.39, 0.29) is 23.8 Å². The van der Waals surface area contributed by atoms with Crippen LogP contribution in [-0.4, -0.2) is 16.9 Å². The molecule has 0 unspecified atom stereocenters. The molecule has 0 saturated carbocycles. The molecule has 4 nitrogen and oxygen atoms in total. The van der Waals surface area contributed by atoms with Crippen LogP contribution in [0, 0.1) is 0 Å². The minimum atomic E-state index is -0.339. The number of amides is 1. The lowest BCUT2D eigenvalue weighted by atomic mass is 9.86. The first kappa shape index (κ1) is 20.5. The van der Waals surface area contributed by atoms with E-state index in [1.165, 1.54) is 0 Å². The molecular weight excluding hydrogens is 419 g/mol. The molecule has 0 aliphatic carbocycles. The van der Waals surface area contributed by atoms with Gasteiger partial charge < -0.3 is 9.73 Å². The minimum absolute atomic E-state index is 0.0248. The van der Waals surface area contributed by atoms with E-state index in [0.717, 1.165) is 17.5 Å². The Morgan fingerprint density at radius 1 is 0.967 bits per heavy atom. The molecule has 30 heavy (non-hydrogen) atoms. The normalized spacial score (nSPS) is 13.2. The Balaban J connectivity index is 1.57. The van der Waals surface area contributed by atoms with Gasteiger partial charge in [0.15, 0.2) is 5.58 Å². The molecule has 1 amide bonds. The third kappa shape index (κ3) is 4.66. The van der Waals surface area contributed by atoms with Gasteiger partial charge in [-0.05, 0) is 60.9 Å². The highest BCUT2D eigenvalue weighted by Crippen LogP contribution is 2.27. The summed E-state index contributed by atoms with van der Waals surface area (Å²) < 4.78 is 5.61. The molecule has 4 aromatic rings. The zero-order valence-corrected chi connectivity index (χ0v) is 17.8. The molecule has 0 saturated heterocycles. The van der Waals surface area contributed by atoms with Crippen molar-refractivity contribution in [2.24, 2.45) is 0 Å². The Morgan fingerprint density at radius 2 is 1.60 bits per heavy atom. The molecular formula is C24H20Cl2N2O2. The van der Waals surface area contributed by atoms with Gasteiger partial charge in [-0.2, -0.15) is 0 Å². The van der Waals surface area contributed by atoms with Gasteiger partial charge in [0, 0.05) is 22.0 Å². The predicted octanol–water partition coefficient (Wildman–Crippen LogP) is 6.28. The van der Waals surface area contributed by atoms with Crippen molar-refractivity contribution in [2.45, 2.75) is 25.3 Å². The quantitative estimate of drug-likeness (QED) is 0.385. The molecule has 3 aromatic carbocycles. The molecule has 0 spiro atoms. The van der Waals surface area contributed by atoms with E-state index in [4.69, 9.17) is 27.6 Å². The average Bonchev–Trinajstić information content (AvgIpc) is 3.18. The number of carbonyl (C=O) groups excluding carboxylic acids is 1. The van der Waals surface area contributed by atoms with Gasteiger partial charge in [0.05, 0.1) is 0 Å². The van der Waals surface area contributed by atoms with Crippen LogP contribution < -0.4 is 5.32 Å². The molecule has 6 heteroatoms. The Hall–Kier alpha value is -2.82. The number of aromatic nitrogens is 1. The summed E-state index contributed by atoms with van der Waals surface area (Å²) in [6.45, 7) is 1.98. The van der Waals surface area contributed by atoms with E-state index >= 15 is 0 Å². The van der Waals surface area contributed by atoms with Crippen molar-refractivity contribution in [1.82, 2.24) is 10.3 Å². The Labute approximate surface area is 184 Å². The van der Waals surface area contributed by atoms with Crippen molar-refractivity contribution in [3.05, 3.63) is 99.9 Å². The first-order valence-electron chi connectivity index (χ1n) is 9.66. The number of oxazole rings is 1. The maximum absolute atomic E-state index is 12.8. The summed E-state index contributed by atoms with van der Waals surface area (Å²) in [5.74, 6) is -0.255. The summed E-state index contributed by atoms with van der Waals surface area (Å²) >= 11 is 12.1. The van der Waals surface area contributed by atoms with Crippen LogP contribution in [0.4, 0.5) is 0 Å². The summed E-state index contributed by atoms with van der Waals surface area (Å²) in [5.41, 5.74) is 3.46. The van der Waals surface area contributed by atoms with Crippen LogP contribution in [0.15, 0.2) is 77.2 Å². The second kappa shape index (κ2) is 8.90. The lowest BCUT2D eigenvalue weighted by molar-refractivity contribution is 0.0901. The third-order valence-corrected chi connectivity index (χ3v) is 5.62. The summed E-state index contributed by atoms with van der Waals surface area (Å²) in [4.78, 5) is 17.1. The molecule has 0 aliphatic heterocycles. The molecule has 1 N–H and O–H groups in total. The fourth-order valence-corrected chi connectivity index (χ4v) is 3.76. The highest BCUT2D eigenvalue weighted by atomic mass is 35.5. The average molecular weight is 439 g/mol. The van der Waals surface area contributed by atoms with Crippen molar-refractivity contribution in [3.8, 4) is 0 Å². The van der Waals surface area contributed by atoms with Crippen LogP contribution in [-0.2, 0) is 6.42 Å². The van der Waals surface area contributed by atoms with Crippen LogP contribution in [0.3, 0.4) is 0 Å². The number of nitrogens with zero attached hydrogens (tertiary/aromatic N) is 1. The van der Waals surface area contributed by atoms with Gasteiger partial charge in [-0.25, -0.2) is 4.98 Å². The number of hydrogen-bond acceptors (Lipinski definition) is 3. The summed E-state index contributed by atoms with van der Waals surface area (Å²) in [5, 5.41) is 4.41. The number of benzene rings is 3. The van der Waals surface area contributed by atoms with Crippen molar-refractivity contribution >= 4 is 40.2 Å². The zero-order chi connectivity index (χ0) is 21.1. The number of carbonyl (C=O) groups is 1. The second-order valence-electron chi connectivity index (χ2n) is 7.24. The zero-order valence-electron chi connectivity index (χ0n) is 16.3. The van der Waals surface area contributed by atoms with Gasteiger partial charge in [0.2, 0.25) is 0 Å². The number of halogens is 2. The summed E-state index contributed by atoms with van der Waals surface area (Å²) in [6, 6.07) is 22.6. The largest absolute Gasteiger partial charge is 0.432 e. The monoisotopic (exact) mass is 438 g/mol. The first-order valence-corrected chi connectivity index (χ1v) is 10.4. The van der Waals surface area contributed by atoms with Gasteiger partial charge in [0.1, 0.15) is 5.52 Å². The number of fused-ring (bicyclic) bond motifs is 1. The molecule has 0 radical (unpaired) electrons. The third-order valence-electron chi connectivity index (χ3n) is 5.12. The fraction of sp³-hybridized carbons (Fsp3) is 0.167. The van der Waals surface area contributed by atoms with Crippen molar-refractivity contribution in [3.63, 3.8) is 0 Å². The van der Waals surface area contributed by atoms with Crippen molar-refractivity contribution in [1.29, 1.82) is 0 Å². The number of nitrogens with one attached hydrogen (secondary N) is 1. The lowest BCUT2D eigenvalue weighted by Gasteiger charge is -2.25. The molecule has 0 aliphatic rings. The topological polar surface area (TPSA) is 55.1 Å². The fourth-order valence-electron chi connectivity index (χ4n) is 3.51. The van der Waals surface area contributed by atoms with Crippen LogP contribution in [0.5, 0.6) is 0 Å². The molecule has 152 valence electrons. The van der Waals surface area contributed by atoms with Crippen molar-refractivity contribution < 1.29 is 9.21 Å². The van der Waals surface area contributed by atoms with Crippen LogP contribution in [0.2, 0.25) is 10.0 Å². The smallest absolute Gasteiger partial charge is 0.307 e. The number of para-hydroxylation sites is 2. The van der Waals surface area contributed by atoms with E-state index in [9.17, 15) is 4.79 Å². The predicted molar refractivity (Wildman–Crippen MR) is 120 cm³/mol. The van der Waals surface area contributed by atoms with E-state index in [1.807, 2.05) is 73.7 Å². The van der Waals surface area contributed by atoms with Gasteiger partial charge in [-0.1, -0.05) is 59.6 Å². The maximum Gasteiger partial charge on any atom is 0.307 e. The van der Waals surface area contributed by atoms with E-state index < -0.39 is 0 Å².